The quantitative estimate of drug-likeness (QED) is 0.346. The number of rotatable bonds is 3. The van der Waals surface area contributed by atoms with Crippen LogP contribution in [0.25, 0.3) is 0 Å². The van der Waals surface area contributed by atoms with E-state index in [2.05, 4.69) is 19.9 Å². The van der Waals surface area contributed by atoms with Crippen molar-refractivity contribution < 1.29 is 19.1 Å². The van der Waals surface area contributed by atoms with E-state index in [4.69, 9.17) is 14.3 Å². The minimum Gasteiger partial charge on any atom is -0.459 e. The largest absolute Gasteiger partial charge is 0.459 e. The number of hydroxylamine groups is 2. The maximum atomic E-state index is 12.4. The molecule has 2 fully saturated rings. The summed E-state index contributed by atoms with van der Waals surface area (Å²) in [5.41, 5.74) is 1.28. The zero-order valence-electron chi connectivity index (χ0n) is 14.0. The smallest absolute Gasteiger partial charge is 0.311 e. The molecule has 22 heavy (non-hydrogen) atoms. The van der Waals surface area contributed by atoms with Gasteiger partial charge in [-0.25, -0.2) is 0 Å². The topological polar surface area (TPSA) is 51.3 Å². The Kier molecular flexibility index (Phi) is 4.32. The summed E-state index contributed by atoms with van der Waals surface area (Å²) in [4.78, 5) is 17.6. The predicted octanol–water partition coefficient (Wildman–Crippen LogP) is 2.32. The van der Waals surface area contributed by atoms with Crippen LogP contribution < -0.4 is 0 Å². The molecule has 2 heterocycles. The standard InChI is InChI=1S/C17H27NO4/c1-11-6-5-9-17(2)15(22-17)14-12(8-7-11)13(16(19)21-14)10-18(3)20-4/h6,12-15H,5,7-10H2,1-4H3/b11-6+/t12-,13-,14-,15+,17+/m0/s1. The van der Waals surface area contributed by atoms with E-state index < -0.39 is 0 Å². The molecule has 5 nitrogen and oxygen atoms in total. The average molecular weight is 309 g/mol. The molecule has 3 rings (SSSR count). The Bertz CT molecular complexity index is 477. The fraction of sp³-hybridized carbons (Fsp3) is 0.824. The molecule has 5 heteroatoms. The molecule has 3 aliphatic rings. The van der Waals surface area contributed by atoms with E-state index in [1.165, 1.54) is 5.57 Å². The lowest BCUT2D eigenvalue weighted by molar-refractivity contribution is -0.151. The molecule has 0 spiro atoms. The summed E-state index contributed by atoms with van der Waals surface area (Å²) in [7, 11) is 3.47. The highest BCUT2D eigenvalue weighted by atomic mass is 16.7. The first kappa shape index (κ1) is 16.0. The number of nitrogens with zero attached hydrogens (tertiary/aromatic N) is 1. The lowest BCUT2D eigenvalue weighted by atomic mass is 9.80. The zero-order valence-corrected chi connectivity index (χ0v) is 14.0. The Balaban J connectivity index is 1.81. The number of carbonyl (C=O) groups excluding carboxylic acids is 1. The summed E-state index contributed by atoms with van der Waals surface area (Å²) in [5.74, 6) is -0.0216. The first-order chi connectivity index (χ1) is 10.4. The first-order valence-corrected chi connectivity index (χ1v) is 8.24. The van der Waals surface area contributed by atoms with Crippen LogP contribution >= 0.6 is 0 Å². The number of carbonyl (C=O) groups is 1. The van der Waals surface area contributed by atoms with Gasteiger partial charge < -0.3 is 14.3 Å². The molecule has 2 aliphatic heterocycles. The van der Waals surface area contributed by atoms with Gasteiger partial charge in [0, 0.05) is 19.5 Å². The number of hydrogen-bond donors (Lipinski definition) is 0. The van der Waals surface area contributed by atoms with Gasteiger partial charge in [-0.15, -0.1) is 0 Å². The summed E-state index contributed by atoms with van der Waals surface area (Å²) in [6, 6.07) is 0. The third-order valence-corrected chi connectivity index (χ3v) is 5.50. The third-order valence-electron chi connectivity index (χ3n) is 5.50. The highest BCUT2D eigenvalue weighted by Crippen LogP contribution is 2.50. The molecule has 0 radical (unpaired) electrons. The molecule has 2 saturated heterocycles. The molecule has 1 aliphatic carbocycles. The van der Waals surface area contributed by atoms with Crippen LogP contribution in [0.5, 0.6) is 0 Å². The highest BCUT2D eigenvalue weighted by molar-refractivity contribution is 5.75. The normalized spacial score (nSPS) is 43.9. The van der Waals surface area contributed by atoms with Gasteiger partial charge in [0.1, 0.15) is 12.2 Å². The Labute approximate surface area is 132 Å². The van der Waals surface area contributed by atoms with Crippen molar-refractivity contribution in [1.29, 1.82) is 0 Å². The van der Waals surface area contributed by atoms with Crippen LogP contribution in [0.1, 0.15) is 39.5 Å². The average Bonchev–Trinajstić information content (AvgIpc) is 3.05. The van der Waals surface area contributed by atoms with E-state index in [-0.39, 0.29) is 35.6 Å². The minimum atomic E-state index is -0.129. The van der Waals surface area contributed by atoms with Gasteiger partial charge in [-0.3, -0.25) is 4.79 Å². The Morgan fingerprint density at radius 1 is 1.50 bits per heavy atom. The minimum absolute atomic E-state index is 0.0612. The Morgan fingerprint density at radius 2 is 2.27 bits per heavy atom. The van der Waals surface area contributed by atoms with Crippen LogP contribution in [0.4, 0.5) is 0 Å². The first-order valence-electron chi connectivity index (χ1n) is 8.24. The summed E-state index contributed by atoms with van der Waals surface area (Å²) >= 11 is 0. The molecule has 5 atom stereocenters. The van der Waals surface area contributed by atoms with E-state index in [0.717, 1.165) is 25.7 Å². The van der Waals surface area contributed by atoms with Gasteiger partial charge in [-0.2, -0.15) is 5.06 Å². The monoisotopic (exact) mass is 309 g/mol. The fourth-order valence-corrected chi connectivity index (χ4v) is 3.90. The van der Waals surface area contributed by atoms with Crippen molar-refractivity contribution in [1.82, 2.24) is 5.06 Å². The van der Waals surface area contributed by atoms with Gasteiger partial charge in [0.15, 0.2) is 0 Å². The number of hydrogen-bond acceptors (Lipinski definition) is 5. The lowest BCUT2D eigenvalue weighted by Crippen LogP contribution is -2.34. The summed E-state index contributed by atoms with van der Waals surface area (Å²) < 4.78 is 11.7. The number of ether oxygens (including phenoxy) is 2. The summed E-state index contributed by atoms with van der Waals surface area (Å²) in [6.07, 6.45) is 6.31. The van der Waals surface area contributed by atoms with Gasteiger partial charge in [0.05, 0.1) is 18.6 Å². The number of esters is 1. The molecule has 0 aromatic rings. The second kappa shape index (κ2) is 5.95. The van der Waals surface area contributed by atoms with Crippen molar-refractivity contribution >= 4 is 5.97 Å². The zero-order chi connectivity index (χ0) is 15.9. The molecule has 0 bridgehead atoms. The van der Waals surface area contributed by atoms with Gasteiger partial charge in [-0.05, 0) is 39.5 Å². The van der Waals surface area contributed by atoms with Crippen LogP contribution in [-0.4, -0.2) is 49.5 Å². The van der Waals surface area contributed by atoms with E-state index in [1.807, 2.05) is 7.05 Å². The van der Waals surface area contributed by atoms with Crippen LogP contribution in [0.2, 0.25) is 0 Å². The third kappa shape index (κ3) is 2.94. The predicted molar refractivity (Wildman–Crippen MR) is 82.0 cm³/mol. The number of allylic oxidation sites excluding steroid dienone is 2. The van der Waals surface area contributed by atoms with Crippen LogP contribution in [0.3, 0.4) is 0 Å². The van der Waals surface area contributed by atoms with E-state index >= 15 is 0 Å². The number of fused-ring (bicyclic) bond motifs is 3. The van der Waals surface area contributed by atoms with Crippen molar-refractivity contribution in [2.75, 3.05) is 20.7 Å². The Morgan fingerprint density at radius 3 is 3.00 bits per heavy atom. The van der Waals surface area contributed by atoms with Gasteiger partial charge >= 0.3 is 5.97 Å². The van der Waals surface area contributed by atoms with Crippen LogP contribution in [-0.2, 0) is 19.1 Å². The Hall–Kier alpha value is -0.910. The van der Waals surface area contributed by atoms with Gasteiger partial charge in [-0.1, -0.05) is 11.6 Å². The van der Waals surface area contributed by atoms with Gasteiger partial charge in [0.2, 0.25) is 0 Å². The molecule has 0 aromatic heterocycles. The van der Waals surface area contributed by atoms with Crippen molar-refractivity contribution in [3.63, 3.8) is 0 Å². The molecule has 0 aromatic carbocycles. The van der Waals surface area contributed by atoms with Crippen molar-refractivity contribution in [2.24, 2.45) is 11.8 Å². The molecule has 0 saturated carbocycles. The van der Waals surface area contributed by atoms with E-state index in [9.17, 15) is 4.79 Å². The molecule has 124 valence electrons. The highest BCUT2D eigenvalue weighted by Gasteiger charge is 2.62. The van der Waals surface area contributed by atoms with Crippen molar-refractivity contribution in [3.05, 3.63) is 11.6 Å². The maximum absolute atomic E-state index is 12.4. The van der Waals surface area contributed by atoms with E-state index in [1.54, 1.807) is 12.2 Å². The second-order valence-electron chi connectivity index (χ2n) is 7.14. The van der Waals surface area contributed by atoms with Crippen molar-refractivity contribution in [2.45, 2.75) is 57.3 Å². The molecule has 0 unspecified atom stereocenters. The summed E-state index contributed by atoms with van der Waals surface area (Å²) in [6.45, 7) is 4.89. The number of epoxide rings is 1. The molecule has 0 N–H and O–H groups in total. The molecular formula is C17H27NO4. The van der Waals surface area contributed by atoms with E-state index in [0.29, 0.717) is 6.54 Å². The second-order valence-corrected chi connectivity index (χ2v) is 7.14. The SMILES string of the molecule is CON(C)C[C@@H]1C(=O)O[C@H]2[C@H]1CC/C(C)=C/CC[C@@]1(C)O[C@H]21. The van der Waals surface area contributed by atoms with Crippen LogP contribution in [0, 0.1) is 11.8 Å². The molecular weight excluding hydrogens is 282 g/mol. The van der Waals surface area contributed by atoms with Gasteiger partial charge in [0.25, 0.3) is 0 Å². The van der Waals surface area contributed by atoms with Crippen LogP contribution in [0.15, 0.2) is 11.6 Å². The molecule has 0 amide bonds. The maximum Gasteiger partial charge on any atom is 0.311 e. The van der Waals surface area contributed by atoms with Crippen molar-refractivity contribution in [3.8, 4) is 0 Å². The fourth-order valence-electron chi connectivity index (χ4n) is 3.90. The summed E-state index contributed by atoms with van der Waals surface area (Å²) in [5, 5.41) is 1.71. The lowest BCUT2D eigenvalue weighted by Gasteiger charge is -2.24.